The molecule has 2 aromatic rings. The summed E-state index contributed by atoms with van der Waals surface area (Å²) < 4.78 is 27.6. The third-order valence-electron chi connectivity index (χ3n) is 5.60. The zero-order valence-electron chi connectivity index (χ0n) is 19.2. The highest BCUT2D eigenvalue weighted by Gasteiger charge is 2.20. The van der Waals surface area contributed by atoms with E-state index in [0.717, 1.165) is 25.1 Å². The predicted octanol–water partition coefficient (Wildman–Crippen LogP) is 2.58. The van der Waals surface area contributed by atoms with Crippen molar-refractivity contribution < 1.29 is 18.0 Å². The first kappa shape index (κ1) is 24.7. The number of benzene rings is 2. The number of amides is 2. The third kappa shape index (κ3) is 7.03. The highest BCUT2D eigenvalue weighted by molar-refractivity contribution is 7.89. The first-order chi connectivity index (χ1) is 15.8. The summed E-state index contributed by atoms with van der Waals surface area (Å²) in [7, 11) is -3.73. The van der Waals surface area contributed by atoms with Crippen molar-refractivity contribution in [3.05, 3.63) is 53.6 Å². The largest absolute Gasteiger partial charge is 0.372 e. The molecule has 2 amide bonds. The Morgan fingerprint density at radius 1 is 1.12 bits per heavy atom. The number of anilines is 2. The van der Waals surface area contributed by atoms with E-state index in [1.54, 1.807) is 12.1 Å². The fourth-order valence-electron chi connectivity index (χ4n) is 3.79. The second kappa shape index (κ2) is 11.3. The van der Waals surface area contributed by atoms with Gasteiger partial charge in [0.05, 0.1) is 4.90 Å². The van der Waals surface area contributed by atoms with Crippen molar-refractivity contribution in [2.75, 3.05) is 36.4 Å². The number of hydrogen-bond acceptors (Lipinski definition) is 5. The number of carbonyl (C=O) groups excluding carboxylic acids is 2. The van der Waals surface area contributed by atoms with Crippen LogP contribution in [0.1, 0.15) is 37.3 Å². The van der Waals surface area contributed by atoms with Crippen LogP contribution in [-0.4, -0.2) is 46.4 Å². The fraction of sp³-hybridized carbons (Fsp3) is 0.417. The molecular weight excluding hydrogens is 440 g/mol. The van der Waals surface area contributed by atoms with Gasteiger partial charge in [0.25, 0.3) is 0 Å². The van der Waals surface area contributed by atoms with Crippen LogP contribution in [-0.2, 0) is 26.0 Å². The average molecular weight is 473 g/mol. The maximum Gasteiger partial charge on any atom is 0.240 e. The van der Waals surface area contributed by atoms with Crippen LogP contribution in [0.3, 0.4) is 0 Å². The normalized spacial score (nSPS) is 13.2. The summed E-state index contributed by atoms with van der Waals surface area (Å²) in [6, 6.07) is 13.0. The summed E-state index contributed by atoms with van der Waals surface area (Å²) in [5.41, 5.74) is 3.82. The first-order valence-corrected chi connectivity index (χ1v) is 12.8. The molecule has 3 rings (SSSR count). The molecule has 8 nitrogen and oxygen atoms in total. The van der Waals surface area contributed by atoms with Crippen molar-refractivity contribution in [3.8, 4) is 0 Å². The smallest absolute Gasteiger partial charge is 0.240 e. The van der Waals surface area contributed by atoms with E-state index in [4.69, 9.17) is 0 Å². The molecule has 0 bridgehead atoms. The molecule has 1 aliphatic heterocycles. The number of hydrogen-bond donors (Lipinski definition) is 3. The van der Waals surface area contributed by atoms with Gasteiger partial charge in [0.15, 0.2) is 0 Å². The number of sulfonamides is 1. The molecule has 9 heteroatoms. The molecule has 178 valence electrons. The fourth-order valence-corrected chi connectivity index (χ4v) is 4.87. The lowest BCUT2D eigenvalue weighted by Gasteiger charge is -2.23. The molecule has 0 saturated heterocycles. The van der Waals surface area contributed by atoms with Crippen LogP contribution in [0.2, 0.25) is 0 Å². The third-order valence-corrected chi connectivity index (χ3v) is 7.06. The monoisotopic (exact) mass is 472 g/mol. The molecule has 0 spiro atoms. The number of aryl methyl sites for hydroxylation is 2. The maximum atomic E-state index is 12.6. The van der Waals surface area contributed by atoms with Crippen molar-refractivity contribution in [1.82, 2.24) is 10.0 Å². The van der Waals surface area contributed by atoms with Crippen molar-refractivity contribution in [2.24, 2.45) is 0 Å². The number of carbonyl (C=O) groups is 2. The molecule has 0 aromatic heterocycles. The summed E-state index contributed by atoms with van der Waals surface area (Å²) in [5, 5.41) is 5.59. The molecule has 0 fully saturated rings. The Labute approximate surface area is 195 Å². The van der Waals surface area contributed by atoms with Gasteiger partial charge >= 0.3 is 0 Å². The van der Waals surface area contributed by atoms with Crippen LogP contribution < -0.4 is 20.3 Å². The molecule has 0 atom stereocenters. The topological polar surface area (TPSA) is 108 Å². The maximum absolute atomic E-state index is 12.6. The molecule has 0 unspecified atom stereocenters. The van der Waals surface area contributed by atoms with Gasteiger partial charge in [0, 0.05) is 50.4 Å². The molecule has 1 aliphatic rings. The summed E-state index contributed by atoms with van der Waals surface area (Å²) in [5.74, 6) is -0.260. The summed E-state index contributed by atoms with van der Waals surface area (Å²) in [6.45, 7) is 6.43. The SMILES string of the molecule is CCN(CCCNC(=O)CCNS(=O)(=O)c1ccc2c(c1)CCC(=O)N2)c1cccc(C)c1. The van der Waals surface area contributed by atoms with E-state index in [-0.39, 0.29) is 29.7 Å². The van der Waals surface area contributed by atoms with Crippen molar-refractivity contribution in [3.63, 3.8) is 0 Å². The highest BCUT2D eigenvalue weighted by atomic mass is 32.2. The summed E-state index contributed by atoms with van der Waals surface area (Å²) in [4.78, 5) is 26.0. The molecule has 0 aliphatic carbocycles. The van der Waals surface area contributed by atoms with Gasteiger partial charge in [-0.1, -0.05) is 12.1 Å². The Kier molecular flexibility index (Phi) is 8.46. The van der Waals surface area contributed by atoms with E-state index in [1.165, 1.54) is 17.3 Å². The minimum absolute atomic E-state index is 0.0202. The van der Waals surface area contributed by atoms with E-state index in [2.05, 4.69) is 52.3 Å². The predicted molar refractivity (Wildman–Crippen MR) is 130 cm³/mol. The van der Waals surface area contributed by atoms with Gasteiger partial charge in [-0.3, -0.25) is 9.59 Å². The number of nitrogens with zero attached hydrogens (tertiary/aromatic N) is 1. The van der Waals surface area contributed by atoms with Crippen LogP contribution in [0.5, 0.6) is 0 Å². The molecule has 33 heavy (non-hydrogen) atoms. The van der Waals surface area contributed by atoms with Crippen molar-refractivity contribution in [2.45, 2.75) is 44.4 Å². The van der Waals surface area contributed by atoms with Gasteiger partial charge < -0.3 is 15.5 Å². The van der Waals surface area contributed by atoms with Gasteiger partial charge in [0.2, 0.25) is 21.8 Å². The van der Waals surface area contributed by atoms with E-state index >= 15 is 0 Å². The Hall–Kier alpha value is -2.91. The lowest BCUT2D eigenvalue weighted by molar-refractivity contribution is -0.121. The van der Waals surface area contributed by atoms with E-state index in [0.29, 0.717) is 25.1 Å². The van der Waals surface area contributed by atoms with Gasteiger partial charge in [-0.05, 0) is 68.1 Å². The molecule has 0 saturated carbocycles. The summed E-state index contributed by atoms with van der Waals surface area (Å²) >= 11 is 0. The first-order valence-electron chi connectivity index (χ1n) is 11.3. The van der Waals surface area contributed by atoms with Gasteiger partial charge in [0.1, 0.15) is 0 Å². The second-order valence-electron chi connectivity index (χ2n) is 8.14. The number of rotatable bonds is 11. The molecular formula is C24H32N4O4S. The van der Waals surface area contributed by atoms with Gasteiger partial charge in [-0.15, -0.1) is 0 Å². The standard InChI is InChI=1S/C24H32N4O4S/c1-3-28(20-7-4-6-18(2)16-20)15-5-13-25-23(29)12-14-26-33(31,32)21-9-10-22-19(17-21)8-11-24(30)27-22/h4,6-7,9-10,16-17,26H,3,5,8,11-15H2,1-2H3,(H,25,29)(H,27,30). The summed E-state index contributed by atoms with van der Waals surface area (Å²) in [6.07, 6.45) is 1.71. The second-order valence-corrected chi connectivity index (χ2v) is 9.90. The minimum Gasteiger partial charge on any atom is -0.372 e. The highest BCUT2D eigenvalue weighted by Crippen LogP contribution is 2.25. The molecule has 3 N–H and O–H groups in total. The minimum atomic E-state index is -3.73. The zero-order valence-corrected chi connectivity index (χ0v) is 20.0. The number of fused-ring (bicyclic) bond motifs is 1. The molecule has 1 heterocycles. The van der Waals surface area contributed by atoms with Crippen molar-refractivity contribution >= 4 is 33.2 Å². The zero-order chi connectivity index (χ0) is 23.8. The van der Waals surface area contributed by atoms with Crippen LogP contribution in [0.25, 0.3) is 0 Å². The lowest BCUT2D eigenvalue weighted by Crippen LogP contribution is -2.33. The Morgan fingerprint density at radius 2 is 1.94 bits per heavy atom. The Balaban J connectivity index is 1.39. The van der Waals surface area contributed by atoms with Gasteiger partial charge in [-0.25, -0.2) is 13.1 Å². The van der Waals surface area contributed by atoms with Crippen LogP contribution >= 0.6 is 0 Å². The quantitative estimate of drug-likeness (QED) is 0.436. The van der Waals surface area contributed by atoms with Crippen LogP contribution in [0.15, 0.2) is 47.4 Å². The van der Waals surface area contributed by atoms with Crippen LogP contribution in [0, 0.1) is 6.92 Å². The Bertz CT molecular complexity index is 1100. The molecule has 0 radical (unpaired) electrons. The molecule has 2 aromatic carbocycles. The van der Waals surface area contributed by atoms with Crippen LogP contribution in [0.4, 0.5) is 11.4 Å². The lowest BCUT2D eigenvalue weighted by atomic mass is 10.0. The van der Waals surface area contributed by atoms with Gasteiger partial charge in [-0.2, -0.15) is 0 Å². The van der Waals surface area contributed by atoms with Crippen molar-refractivity contribution in [1.29, 1.82) is 0 Å². The van der Waals surface area contributed by atoms with E-state index < -0.39 is 10.0 Å². The van der Waals surface area contributed by atoms with E-state index in [9.17, 15) is 18.0 Å². The average Bonchev–Trinajstić information content (AvgIpc) is 2.78. The number of nitrogens with one attached hydrogen (secondary N) is 3. The Morgan fingerprint density at radius 3 is 2.70 bits per heavy atom. The van der Waals surface area contributed by atoms with E-state index in [1.807, 2.05) is 6.07 Å².